The maximum Gasteiger partial charge on any atom is 0.306 e. The van der Waals surface area contributed by atoms with Crippen LogP contribution >= 0.6 is 0 Å². The maximum absolute atomic E-state index is 10.6. The van der Waals surface area contributed by atoms with Crippen molar-refractivity contribution in [1.82, 2.24) is 0 Å². The van der Waals surface area contributed by atoms with E-state index in [9.17, 15) is 4.79 Å². The average Bonchev–Trinajstić information content (AvgIpc) is 2.15. The molecule has 0 aromatic rings. The molecule has 1 rings (SSSR count). The maximum atomic E-state index is 10.6. The average molecular weight is 186 g/mol. The summed E-state index contributed by atoms with van der Waals surface area (Å²) in [5, 5.41) is 17.4. The Morgan fingerprint density at radius 1 is 1.23 bits per heavy atom. The predicted octanol–water partition coefficient (Wildman–Crippen LogP) is 1.65. The molecular weight excluding hydrogens is 168 g/mol. The van der Waals surface area contributed by atoms with Crippen molar-refractivity contribution >= 4 is 5.97 Å². The van der Waals surface area contributed by atoms with E-state index in [2.05, 4.69) is 0 Å². The van der Waals surface area contributed by atoms with Crippen LogP contribution in [-0.4, -0.2) is 22.8 Å². The smallest absolute Gasteiger partial charge is 0.306 e. The van der Waals surface area contributed by atoms with Crippen molar-refractivity contribution in [3.8, 4) is 0 Å². The van der Waals surface area contributed by atoms with Gasteiger partial charge in [-0.3, -0.25) is 4.79 Å². The highest BCUT2D eigenvalue weighted by Gasteiger charge is 2.25. The predicted molar refractivity (Wildman–Crippen MR) is 49.4 cm³/mol. The molecule has 0 heterocycles. The topological polar surface area (TPSA) is 57.5 Å². The van der Waals surface area contributed by atoms with Crippen LogP contribution in [0.15, 0.2) is 0 Å². The molecule has 0 amide bonds. The van der Waals surface area contributed by atoms with Crippen LogP contribution in [0.1, 0.15) is 38.5 Å². The van der Waals surface area contributed by atoms with Gasteiger partial charge in [0.25, 0.3) is 0 Å². The van der Waals surface area contributed by atoms with Crippen molar-refractivity contribution in [2.75, 3.05) is 6.61 Å². The number of aliphatic hydroxyl groups excluding tert-OH is 1. The van der Waals surface area contributed by atoms with Crippen LogP contribution in [0.3, 0.4) is 0 Å². The highest BCUT2D eigenvalue weighted by Crippen LogP contribution is 2.31. The van der Waals surface area contributed by atoms with Crippen LogP contribution in [0.25, 0.3) is 0 Å². The monoisotopic (exact) mass is 186 g/mol. The molecule has 0 bridgehead atoms. The Hall–Kier alpha value is -0.570. The fraction of sp³-hybridized carbons (Fsp3) is 0.900. The van der Waals surface area contributed by atoms with Crippen molar-refractivity contribution in [3.05, 3.63) is 0 Å². The lowest BCUT2D eigenvalue weighted by Crippen LogP contribution is -2.21. The summed E-state index contributed by atoms with van der Waals surface area (Å²) < 4.78 is 0. The van der Waals surface area contributed by atoms with Gasteiger partial charge in [-0.25, -0.2) is 0 Å². The fourth-order valence-corrected chi connectivity index (χ4v) is 2.08. The van der Waals surface area contributed by atoms with Crippen LogP contribution in [0.2, 0.25) is 0 Å². The molecule has 1 fully saturated rings. The van der Waals surface area contributed by atoms with E-state index in [0.29, 0.717) is 5.92 Å². The number of carbonyl (C=O) groups is 1. The van der Waals surface area contributed by atoms with Crippen LogP contribution in [0.5, 0.6) is 0 Å². The summed E-state index contributed by atoms with van der Waals surface area (Å²) in [6, 6.07) is 0. The lowest BCUT2D eigenvalue weighted by Gasteiger charge is -2.25. The van der Waals surface area contributed by atoms with Gasteiger partial charge in [-0.15, -0.1) is 0 Å². The van der Waals surface area contributed by atoms with E-state index in [-0.39, 0.29) is 12.5 Å². The molecule has 13 heavy (non-hydrogen) atoms. The standard InChI is InChI=1S/C10H18O3/c11-7-1-2-8-3-5-9(6-4-8)10(12)13/h8-9,11H,1-7H2,(H,12,13). The molecule has 1 saturated carbocycles. The Kier molecular flexibility index (Phi) is 4.22. The number of carboxylic acid groups (broad SMARTS) is 1. The van der Waals surface area contributed by atoms with Gasteiger partial charge in [0.1, 0.15) is 0 Å². The molecule has 0 saturated heterocycles. The lowest BCUT2D eigenvalue weighted by molar-refractivity contribution is -0.143. The van der Waals surface area contributed by atoms with Crippen molar-refractivity contribution in [1.29, 1.82) is 0 Å². The van der Waals surface area contributed by atoms with Gasteiger partial charge in [-0.05, 0) is 44.4 Å². The first-order valence-corrected chi connectivity index (χ1v) is 5.07. The van der Waals surface area contributed by atoms with E-state index in [0.717, 1.165) is 38.5 Å². The molecule has 0 aliphatic heterocycles. The minimum absolute atomic E-state index is 0.106. The van der Waals surface area contributed by atoms with Crippen LogP contribution < -0.4 is 0 Å². The normalized spacial score (nSPS) is 28.7. The van der Waals surface area contributed by atoms with E-state index < -0.39 is 5.97 Å². The van der Waals surface area contributed by atoms with Gasteiger partial charge in [0.2, 0.25) is 0 Å². The third-order valence-corrected chi connectivity index (χ3v) is 2.97. The second kappa shape index (κ2) is 5.22. The third-order valence-electron chi connectivity index (χ3n) is 2.97. The highest BCUT2D eigenvalue weighted by atomic mass is 16.4. The Labute approximate surface area is 78.8 Å². The van der Waals surface area contributed by atoms with Crippen LogP contribution in [0, 0.1) is 11.8 Å². The first-order chi connectivity index (χ1) is 6.24. The Morgan fingerprint density at radius 2 is 1.85 bits per heavy atom. The zero-order chi connectivity index (χ0) is 9.68. The summed E-state index contributed by atoms with van der Waals surface area (Å²) in [7, 11) is 0. The number of aliphatic hydroxyl groups is 1. The molecule has 3 heteroatoms. The molecular formula is C10H18O3. The third kappa shape index (κ3) is 3.35. The van der Waals surface area contributed by atoms with Crippen molar-refractivity contribution in [2.24, 2.45) is 11.8 Å². The van der Waals surface area contributed by atoms with E-state index in [1.807, 2.05) is 0 Å². The largest absolute Gasteiger partial charge is 0.481 e. The molecule has 0 aromatic heterocycles. The van der Waals surface area contributed by atoms with Gasteiger partial charge in [-0.1, -0.05) is 0 Å². The number of aliphatic carboxylic acids is 1. The zero-order valence-corrected chi connectivity index (χ0v) is 7.91. The second-order valence-electron chi connectivity index (χ2n) is 3.92. The van der Waals surface area contributed by atoms with E-state index in [1.54, 1.807) is 0 Å². The molecule has 0 atom stereocenters. The molecule has 1 aliphatic carbocycles. The fourth-order valence-electron chi connectivity index (χ4n) is 2.08. The van der Waals surface area contributed by atoms with Crippen molar-refractivity contribution in [2.45, 2.75) is 38.5 Å². The number of hydrogen-bond donors (Lipinski definition) is 2. The highest BCUT2D eigenvalue weighted by molar-refractivity contribution is 5.69. The molecule has 0 unspecified atom stereocenters. The van der Waals surface area contributed by atoms with Crippen molar-refractivity contribution in [3.63, 3.8) is 0 Å². The molecule has 0 aromatic carbocycles. The molecule has 2 N–H and O–H groups in total. The van der Waals surface area contributed by atoms with Crippen LogP contribution in [-0.2, 0) is 4.79 Å². The van der Waals surface area contributed by atoms with E-state index >= 15 is 0 Å². The summed E-state index contributed by atoms with van der Waals surface area (Å²) in [6.45, 7) is 0.263. The van der Waals surface area contributed by atoms with Gasteiger partial charge >= 0.3 is 5.97 Å². The summed E-state index contributed by atoms with van der Waals surface area (Å²) in [4.78, 5) is 10.6. The molecule has 0 spiro atoms. The van der Waals surface area contributed by atoms with Gasteiger partial charge in [-0.2, -0.15) is 0 Å². The van der Waals surface area contributed by atoms with Crippen LogP contribution in [0.4, 0.5) is 0 Å². The Balaban J connectivity index is 2.18. The number of hydrogen-bond acceptors (Lipinski definition) is 2. The summed E-state index contributed by atoms with van der Waals surface area (Å²) in [5.74, 6) is -0.0891. The number of carboxylic acids is 1. The minimum atomic E-state index is -0.638. The summed E-state index contributed by atoms with van der Waals surface area (Å²) >= 11 is 0. The Bertz CT molecular complexity index is 160. The Morgan fingerprint density at radius 3 is 2.31 bits per heavy atom. The van der Waals surface area contributed by atoms with Gasteiger partial charge in [0.15, 0.2) is 0 Å². The van der Waals surface area contributed by atoms with E-state index in [4.69, 9.17) is 10.2 Å². The quantitative estimate of drug-likeness (QED) is 0.701. The summed E-state index contributed by atoms with van der Waals surface area (Å²) in [6.07, 6.45) is 5.62. The molecule has 76 valence electrons. The summed E-state index contributed by atoms with van der Waals surface area (Å²) in [5.41, 5.74) is 0. The van der Waals surface area contributed by atoms with Gasteiger partial charge in [0, 0.05) is 6.61 Å². The molecule has 3 nitrogen and oxygen atoms in total. The zero-order valence-electron chi connectivity index (χ0n) is 7.91. The minimum Gasteiger partial charge on any atom is -0.481 e. The van der Waals surface area contributed by atoms with E-state index in [1.165, 1.54) is 0 Å². The van der Waals surface area contributed by atoms with Gasteiger partial charge < -0.3 is 10.2 Å². The first-order valence-electron chi connectivity index (χ1n) is 5.07. The SMILES string of the molecule is O=C(O)C1CCC(CCCO)CC1. The molecule has 1 aliphatic rings. The second-order valence-corrected chi connectivity index (χ2v) is 3.92. The van der Waals surface area contributed by atoms with Gasteiger partial charge in [0.05, 0.1) is 5.92 Å². The molecule has 0 radical (unpaired) electrons. The van der Waals surface area contributed by atoms with Crippen molar-refractivity contribution < 1.29 is 15.0 Å². The number of rotatable bonds is 4. The lowest BCUT2D eigenvalue weighted by atomic mass is 9.80. The first kappa shape index (κ1) is 10.5.